The summed E-state index contributed by atoms with van der Waals surface area (Å²) in [5.41, 5.74) is 3.55. The zero-order chi connectivity index (χ0) is 14.5. The monoisotopic (exact) mass is 275 g/mol. The average molecular weight is 275 g/mol. The summed E-state index contributed by atoms with van der Waals surface area (Å²) >= 11 is 0. The van der Waals surface area contributed by atoms with Crippen LogP contribution in [-0.2, 0) is 11.3 Å². The lowest BCUT2D eigenvalue weighted by atomic mass is 10.2. The molecule has 6 nitrogen and oxygen atoms in total. The maximum Gasteiger partial charge on any atom is 0.305 e. The van der Waals surface area contributed by atoms with E-state index in [1.807, 2.05) is 43.0 Å². The van der Waals surface area contributed by atoms with Crippen LogP contribution in [-0.4, -0.2) is 27.9 Å². The lowest BCUT2D eigenvalue weighted by molar-refractivity contribution is -0.136. The fourth-order valence-electron chi connectivity index (χ4n) is 1.86. The fourth-order valence-corrected chi connectivity index (χ4v) is 1.86. The first-order valence-corrected chi connectivity index (χ1v) is 6.37. The smallest absolute Gasteiger partial charge is 0.305 e. The number of carboxylic acids is 1. The fraction of sp³-hybridized carbons (Fsp3) is 0.357. The molecule has 0 saturated carbocycles. The van der Waals surface area contributed by atoms with Gasteiger partial charge in [-0.05, 0) is 26.0 Å². The van der Waals surface area contributed by atoms with Crippen molar-refractivity contribution in [2.24, 2.45) is 0 Å². The molecule has 1 aromatic carbocycles. The van der Waals surface area contributed by atoms with E-state index in [-0.39, 0.29) is 6.42 Å². The molecule has 1 aromatic heterocycles. The number of nitrogens with zero attached hydrogens (tertiary/aromatic N) is 3. The number of rotatable bonds is 6. The highest BCUT2D eigenvalue weighted by Gasteiger charge is 2.14. The van der Waals surface area contributed by atoms with Gasteiger partial charge in [-0.25, -0.2) is 4.63 Å². The predicted molar refractivity (Wildman–Crippen MR) is 73.5 cm³/mol. The van der Waals surface area contributed by atoms with Crippen LogP contribution in [0.3, 0.4) is 0 Å². The van der Waals surface area contributed by atoms with Crippen LogP contribution in [0, 0.1) is 13.8 Å². The molecule has 0 aliphatic heterocycles. The van der Waals surface area contributed by atoms with Gasteiger partial charge in [0.2, 0.25) is 0 Å². The third-order valence-electron chi connectivity index (χ3n) is 3.08. The Hall–Kier alpha value is -2.37. The van der Waals surface area contributed by atoms with Crippen molar-refractivity contribution in [3.8, 4) is 0 Å². The topological polar surface area (TPSA) is 79.5 Å². The van der Waals surface area contributed by atoms with Crippen molar-refractivity contribution >= 4 is 11.7 Å². The van der Waals surface area contributed by atoms with E-state index in [2.05, 4.69) is 14.9 Å². The van der Waals surface area contributed by atoms with E-state index in [0.717, 1.165) is 22.6 Å². The molecule has 1 heterocycles. The number of aromatic nitrogens is 2. The zero-order valence-corrected chi connectivity index (χ0v) is 11.5. The maximum absolute atomic E-state index is 10.8. The summed E-state index contributed by atoms with van der Waals surface area (Å²) in [6, 6.07) is 7.94. The highest BCUT2D eigenvalue weighted by Crippen LogP contribution is 2.18. The third-order valence-corrected chi connectivity index (χ3v) is 3.08. The molecule has 2 rings (SSSR count). The Balaban J connectivity index is 2.17. The maximum atomic E-state index is 10.8. The van der Waals surface area contributed by atoms with Gasteiger partial charge in [0.15, 0.2) is 0 Å². The van der Waals surface area contributed by atoms with E-state index >= 15 is 0 Å². The van der Waals surface area contributed by atoms with Crippen LogP contribution in [0.4, 0.5) is 5.69 Å². The SMILES string of the molecule is Cc1ccc(N(CCC(=O)O)Cc2nonc2C)cc1. The molecule has 0 fully saturated rings. The molecule has 0 atom stereocenters. The molecule has 20 heavy (non-hydrogen) atoms. The van der Waals surface area contributed by atoms with Gasteiger partial charge in [-0.1, -0.05) is 28.0 Å². The molecule has 2 aromatic rings. The van der Waals surface area contributed by atoms with E-state index in [9.17, 15) is 4.79 Å². The lowest BCUT2D eigenvalue weighted by Crippen LogP contribution is -2.26. The number of aryl methyl sites for hydroxylation is 2. The summed E-state index contributed by atoms with van der Waals surface area (Å²) in [6.45, 7) is 4.71. The molecule has 0 bridgehead atoms. The van der Waals surface area contributed by atoms with E-state index in [1.165, 1.54) is 0 Å². The second-order valence-corrected chi connectivity index (χ2v) is 4.70. The summed E-state index contributed by atoms with van der Waals surface area (Å²) in [5, 5.41) is 16.5. The van der Waals surface area contributed by atoms with E-state index in [1.54, 1.807) is 0 Å². The molecule has 0 amide bonds. The molecule has 0 radical (unpaired) electrons. The molecule has 0 aliphatic rings. The first-order valence-electron chi connectivity index (χ1n) is 6.37. The van der Waals surface area contributed by atoms with Crippen LogP contribution in [0.1, 0.15) is 23.4 Å². The van der Waals surface area contributed by atoms with Gasteiger partial charge in [0, 0.05) is 12.2 Å². The number of carbonyl (C=O) groups is 1. The van der Waals surface area contributed by atoms with Crippen LogP contribution in [0.5, 0.6) is 0 Å². The van der Waals surface area contributed by atoms with Gasteiger partial charge in [-0.3, -0.25) is 4.79 Å². The largest absolute Gasteiger partial charge is 0.481 e. The molecule has 106 valence electrons. The molecule has 0 unspecified atom stereocenters. The predicted octanol–water partition coefficient (Wildman–Crippen LogP) is 2.17. The zero-order valence-electron chi connectivity index (χ0n) is 11.5. The number of aliphatic carboxylic acids is 1. The Kier molecular flexibility index (Phi) is 4.34. The highest BCUT2D eigenvalue weighted by molar-refractivity contribution is 5.67. The summed E-state index contributed by atoms with van der Waals surface area (Å²) in [5.74, 6) is -0.822. The Morgan fingerprint density at radius 2 is 1.95 bits per heavy atom. The van der Waals surface area contributed by atoms with E-state index < -0.39 is 5.97 Å². The second-order valence-electron chi connectivity index (χ2n) is 4.70. The minimum absolute atomic E-state index is 0.0677. The Bertz CT molecular complexity index is 578. The normalized spacial score (nSPS) is 10.5. The van der Waals surface area contributed by atoms with Crippen molar-refractivity contribution in [3.05, 3.63) is 41.2 Å². The van der Waals surface area contributed by atoms with E-state index in [4.69, 9.17) is 5.11 Å². The quantitative estimate of drug-likeness (QED) is 0.870. The second kappa shape index (κ2) is 6.18. The third kappa shape index (κ3) is 3.57. The van der Waals surface area contributed by atoms with Gasteiger partial charge in [-0.15, -0.1) is 0 Å². The van der Waals surface area contributed by atoms with Gasteiger partial charge in [-0.2, -0.15) is 0 Å². The van der Waals surface area contributed by atoms with Crippen molar-refractivity contribution in [1.82, 2.24) is 10.3 Å². The molecule has 1 N–H and O–H groups in total. The van der Waals surface area contributed by atoms with Crippen LogP contribution in [0.2, 0.25) is 0 Å². The number of benzene rings is 1. The Morgan fingerprint density at radius 3 is 2.50 bits per heavy atom. The number of hydrogen-bond donors (Lipinski definition) is 1. The first-order chi connectivity index (χ1) is 9.56. The van der Waals surface area contributed by atoms with Crippen molar-refractivity contribution in [1.29, 1.82) is 0 Å². The van der Waals surface area contributed by atoms with Crippen LogP contribution >= 0.6 is 0 Å². The number of anilines is 1. The Morgan fingerprint density at radius 1 is 1.25 bits per heavy atom. The summed E-state index contributed by atoms with van der Waals surface area (Å²) < 4.78 is 4.68. The Labute approximate surface area is 117 Å². The van der Waals surface area contributed by atoms with Crippen molar-refractivity contribution in [3.63, 3.8) is 0 Å². The molecule has 6 heteroatoms. The molecule has 0 aliphatic carbocycles. The van der Waals surface area contributed by atoms with Gasteiger partial charge < -0.3 is 10.0 Å². The minimum Gasteiger partial charge on any atom is -0.481 e. The van der Waals surface area contributed by atoms with Gasteiger partial charge >= 0.3 is 5.97 Å². The summed E-state index contributed by atoms with van der Waals surface area (Å²) in [7, 11) is 0. The van der Waals surface area contributed by atoms with Crippen LogP contribution in [0.15, 0.2) is 28.9 Å². The van der Waals surface area contributed by atoms with Crippen LogP contribution < -0.4 is 4.90 Å². The van der Waals surface area contributed by atoms with Gasteiger partial charge in [0.05, 0.1) is 13.0 Å². The van der Waals surface area contributed by atoms with Crippen molar-refractivity contribution < 1.29 is 14.5 Å². The van der Waals surface area contributed by atoms with Gasteiger partial charge in [0.25, 0.3) is 0 Å². The highest BCUT2D eigenvalue weighted by atomic mass is 16.6. The summed E-state index contributed by atoms with van der Waals surface area (Å²) in [4.78, 5) is 12.7. The van der Waals surface area contributed by atoms with Gasteiger partial charge in [0.1, 0.15) is 11.4 Å². The molecule has 0 saturated heterocycles. The number of hydrogen-bond acceptors (Lipinski definition) is 5. The minimum atomic E-state index is -0.822. The summed E-state index contributed by atoms with van der Waals surface area (Å²) in [6.07, 6.45) is 0.0677. The van der Waals surface area contributed by atoms with Crippen molar-refractivity contribution in [2.45, 2.75) is 26.8 Å². The standard InChI is InChI=1S/C14H17N3O3/c1-10-3-5-12(6-4-10)17(8-7-14(18)19)9-13-11(2)15-20-16-13/h3-6H,7-9H2,1-2H3,(H,18,19). The lowest BCUT2D eigenvalue weighted by Gasteiger charge is -2.23. The van der Waals surface area contributed by atoms with Crippen LogP contribution in [0.25, 0.3) is 0 Å². The molecular formula is C14H17N3O3. The van der Waals surface area contributed by atoms with Crippen molar-refractivity contribution in [2.75, 3.05) is 11.4 Å². The molecule has 0 spiro atoms. The average Bonchev–Trinajstić information content (AvgIpc) is 2.81. The molecular weight excluding hydrogens is 258 g/mol. The van der Waals surface area contributed by atoms with E-state index in [0.29, 0.717) is 13.1 Å². The number of carboxylic acid groups (broad SMARTS) is 1. The first kappa shape index (κ1) is 14.0.